The average molecular weight is 258 g/mol. The first-order chi connectivity index (χ1) is 9.17. The summed E-state index contributed by atoms with van der Waals surface area (Å²) >= 11 is 0. The van der Waals surface area contributed by atoms with Gasteiger partial charge in [0.1, 0.15) is 0 Å². The summed E-state index contributed by atoms with van der Waals surface area (Å²) in [4.78, 5) is 12.4. The molecular formula is C16H22N2O. The number of carbonyl (C=O) groups is 1. The third-order valence-electron chi connectivity index (χ3n) is 4.61. The molecule has 0 spiro atoms. The Morgan fingerprint density at radius 2 is 2.11 bits per heavy atom. The summed E-state index contributed by atoms with van der Waals surface area (Å²) in [7, 11) is 0. The predicted molar refractivity (Wildman–Crippen MR) is 75.9 cm³/mol. The second kappa shape index (κ2) is 4.97. The van der Waals surface area contributed by atoms with Crippen LogP contribution in [0, 0.1) is 11.3 Å². The smallest absolute Gasteiger partial charge is 0.226 e. The zero-order valence-corrected chi connectivity index (χ0v) is 11.5. The van der Waals surface area contributed by atoms with Gasteiger partial charge in [0.15, 0.2) is 0 Å². The number of carbonyl (C=O) groups excluding carboxylic acids is 1. The Morgan fingerprint density at radius 1 is 1.37 bits per heavy atom. The molecule has 2 N–H and O–H groups in total. The second-order valence-corrected chi connectivity index (χ2v) is 6.24. The highest BCUT2D eigenvalue weighted by atomic mass is 16.2. The maximum Gasteiger partial charge on any atom is 0.226 e. The average Bonchev–Trinajstić information content (AvgIpc) is 2.36. The zero-order chi connectivity index (χ0) is 13.3. The molecule has 1 atom stereocenters. The van der Waals surface area contributed by atoms with Crippen LogP contribution in [0.4, 0.5) is 0 Å². The summed E-state index contributed by atoms with van der Waals surface area (Å²) in [5, 5.41) is 6.38. The van der Waals surface area contributed by atoms with E-state index in [1.165, 1.54) is 11.1 Å². The molecule has 3 heteroatoms. The van der Waals surface area contributed by atoms with Crippen molar-refractivity contribution < 1.29 is 4.79 Å². The third-order valence-corrected chi connectivity index (χ3v) is 4.61. The lowest BCUT2D eigenvalue weighted by Crippen LogP contribution is -2.51. The molecule has 1 aliphatic carbocycles. The fourth-order valence-electron chi connectivity index (χ4n) is 3.03. The lowest BCUT2D eigenvalue weighted by molar-refractivity contribution is -0.131. The van der Waals surface area contributed by atoms with Gasteiger partial charge < -0.3 is 10.6 Å². The van der Waals surface area contributed by atoms with Crippen molar-refractivity contribution in [3.8, 4) is 0 Å². The molecule has 2 aliphatic rings. The zero-order valence-electron chi connectivity index (χ0n) is 11.5. The first kappa shape index (κ1) is 12.7. The molecule has 1 heterocycles. The summed E-state index contributed by atoms with van der Waals surface area (Å²) in [5.41, 5.74) is 2.53. The molecule has 0 saturated carbocycles. The maximum absolute atomic E-state index is 12.4. The number of rotatable bonds is 3. The predicted octanol–water partition coefficient (Wildman–Crippen LogP) is 1.52. The van der Waals surface area contributed by atoms with E-state index in [1.807, 2.05) is 0 Å². The fourth-order valence-corrected chi connectivity index (χ4v) is 3.03. The van der Waals surface area contributed by atoms with Crippen LogP contribution in [0.3, 0.4) is 0 Å². The molecule has 102 valence electrons. The van der Waals surface area contributed by atoms with Gasteiger partial charge in [-0.1, -0.05) is 31.2 Å². The molecule has 1 aromatic rings. The van der Waals surface area contributed by atoms with Crippen LogP contribution >= 0.6 is 0 Å². The van der Waals surface area contributed by atoms with Crippen molar-refractivity contribution in [2.45, 2.75) is 26.2 Å². The SMILES string of the molecule is CC1(C(=O)NCC2CNC2)CCc2ccccc2C1. The van der Waals surface area contributed by atoms with Gasteiger partial charge in [0.25, 0.3) is 0 Å². The van der Waals surface area contributed by atoms with E-state index in [-0.39, 0.29) is 11.3 Å². The molecule has 1 aliphatic heterocycles. The van der Waals surface area contributed by atoms with Gasteiger partial charge in [-0.2, -0.15) is 0 Å². The number of aryl methyl sites for hydroxylation is 1. The largest absolute Gasteiger partial charge is 0.355 e. The van der Waals surface area contributed by atoms with Crippen LogP contribution in [-0.4, -0.2) is 25.5 Å². The number of amides is 1. The van der Waals surface area contributed by atoms with Gasteiger partial charge in [0.2, 0.25) is 5.91 Å². The summed E-state index contributed by atoms with van der Waals surface area (Å²) in [5.74, 6) is 0.859. The van der Waals surface area contributed by atoms with Gasteiger partial charge in [0.05, 0.1) is 5.41 Å². The van der Waals surface area contributed by atoms with Crippen molar-refractivity contribution >= 4 is 5.91 Å². The molecule has 19 heavy (non-hydrogen) atoms. The normalized spacial score (nSPS) is 26.4. The van der Waals surface area contributed by atoms with Crippen molar-refractivity contribution in [3.63, 3.8) is 0 Å². The Labute approximate surface area is 114 Å². The molecule has 1 aromatic carbocycles. The van der Waals surface area contributed by atoms with Crippen molar-refractivity contribution in [2.24, 2.45) is 11.3 Å². The Balaban J connectivity index is 1.64. The van der Waals surface area contributed by atoms with E-state index in [9.17, 15) is 4.79 Å². The van der Waals surface area contributed by atoms with E-state index in [1.54, 1.807) is 0 Å². The van der Waals surface area contributed by atoms with Crippen molar-refractivity contribution in [2.75, 3.05) is 19.6 Å². The summed E-state index contributed by atoms with van der Waals surface area (Å²) < 4.78 is 0. The van der Waals surface area contributed by atoms with Gasteiger partial charge >= 0.3 is 0 Å². The van der Waals surface area contributed by atoms with E-state index in [0.29, 0.717) is 5.92 Å². The minimum atomic E-state index is -0.231. The van der Waals surface area contributed by atoms with Crippen LogP contribution in [0.1, 0.15) is 24.5 Å². The Morgan fingerprint density at radius 3 is 2.79 bits per heavy atom. The Bertz CT molecular complexity index is 481. The Hall–Kier alpha value is -1.35. The highest BCUT2D eigenvalue weighted by Gasteiger charge is 2.36. The van der Waals surface area contributed by atoms with E-state index >= 15 is 0 Å². The van der Waals surface area contributed by atoms with E-state index in [0.717, 1.165) is 38.9 Å². The molecule has 1 fully saturated rings. The molecule has 1 amide bonds. The Kier molecular flexibility index (Phi) is 3.31. The minimum Gasteiger partial charge on any atom is -0.355 e. The van der Waals surface area contributed by atoms with E-state index in [4.69, 9.17) is 0 Å². The quantitative estimate of drug-likeness (QED) is 0.863. The number of fused-ring (bicyclic) bond motifs is 1. The van der Waals surface area contributed by atoms with Gasteiger partial charge in [-0.15, -0.1) is 0 Å². The summed E-state index contributed by atoms with van der Waals surface area (Å²) in [6.45, 7) is 5.01. The topological polar surface area (TPSA) is 41.1 Å². The number of benzene rings is 1. The summed E-state index contributed by atoms with van der Waals surface area (Å²) in [6.07, 6.45) is 2.85. The van der Waals surface area contributed by atoms with Gasteiger partial charge in [0, 0.05) is 25.6 Å². The molecule has 3 nitrogen and oxygen atoms in total. The lowest BCUT2D eigenvalue weighted by Gasteiger charge is -2.35. The standard InChI is InChI=1S/C16H22N2O/c1-16(15(19)18-11-12-9-17-10-12)7-6-13-4-2-3-5-14(13)8-16/h2-5,12,17H,6-11H2,1H3,(H,18,19). The number of hydrogen-bond acceptors (Lipinski definition) is 2. The third kappa shape index (κ3) is 2.52. The van der Waals surface area contributed by atoms with Crippen LogP contribution in [0.5, 0.6) is 0 Å². The maximum atomic E-state index is 12.4. The monoisotopic (exact) mass is 258 g/mol. The molecule has 0 radical (unpaired) electrons. The molecular weight excluding hydrogens is 236 g/mol. The first-order valence-electron chi connectivity index (χ1n) is 7.23. The van der Waals surface area contributed by atoms with Gasteiger partial charge in [-0.3, -0.25) is 4.79 Å². The van der Waals surface area contributed by atoms with Crippen molar-refractivity contribution in [1.29, 1.82) is 0 Å². The molecule has 3 rings (SSSR count). The van der Waals surface area contributed by atoms with Crippen LogP contribution in [0.25, 0.3) is 0 Å². The van der Waals surface area contributed by atoms with Crippen LogP contribution in [0.2, 0.25) is 0 Å². The molecule has 1 saturated heterocycles. The van der Waals surface area contributed by atoms with Gasteiger partial charge in [-0.05, 0) is 30.4 Å². The molecule has 0 aromatic heterocycles. The highest BCUT2D eigenvalue weighted by Crippen LogP contribution is 2.35. The first-order valence-corrected chi connectivity index (χ1v) is 7.23. The van der Waals surface area contributed by atoms with Crippen LogP contribution in [-0.2, 0) is 17.6 Å². The van der Waals surface area contributed by atoms with Crippen LogP contribution < -0.4 is 10.6 Å². The van der Waals surface area contributed by atoms with Crippen LogP contribution in [0.15, 0.2) is 24.3 Å². The lowest BCUT2D eigenvalue weighted by atomic mass is 9.72. The van der Waals surface area contributed by atoms with Crippen molar-refractivity contribution in [3.05, 3.63) is 35.4 Å². The second-order valence-electron chi connectivity index (χ2n) is 6.24. The number of nitrogens with one attached hydrogen (secondary N) is 2. The fraction of sp³-hybridized carbons (Fsp3) is 0.562. The highest BCUT2D eigenvalue weighted by molar-refractivity contribution is 5.83. The molecule has 0 bridgehead atoms. The van der Waals surface area contributed by atoms with E-state index < -0.39 is 0 Å². The molecule has 1 unspecified atom stereocenters. The van der Waals surface area contributed by atoms with Gasteiger partial charge in [-0.25, -0.2) is 0 Å². The van der Waals surface area contributed by atoms with E-state index in [2.05, 4.69) is 41.8 Å². The number of hydrogen-bond donors (Lipinski definition) is 2. The summed E-state index contributed by atoms with van der Waals surface area (Å²) in [6, 6.07) is 8.51. The van der Waals surface area contributed by atoms with Crippen molar-refractivity contribution in [1.82, 2.24) is 10.6 Å². The minimum absolute atomic E-state index is 0.230.